The molecule has 1 saturated heterocycles. The van der Waals surface area contributed by atoms with Crippen LogP contribution in [0.2, 0.25) is 0 Å². The minimum absolute atomic E-state index is 0.835. The van der Waals surface area contributed by atoms with Crippen molar-refractivity contribution in [2.45, 2.75) is 25.7 Å². The van der Waals surface area contributed by atoms with Crippen LogP contribution in [0.15, 0.2) is 18.2 Å². The Morgan fingerprint density at radius 3 is 3.25 bits per heavy atom. The van der Waals surface area contributed by atoms with Crippen LogP contribution in [-0.2, 0) is 12.8 Å². The Morgan fingerprint density at radius 1 is 1.40 bits per heavy atom. The first-order valence-electron chi connectivity index (χ1n) is 7.95. The first kappa shape index (κ1) is 13.9. The quantitative estimate of drug-likeness (QED) is 0.832. The van der Waals surface area contributed by atoms with E-state index in [0.29, 0.717) is 0 Å². The number of rotatable bonds is 5. The second-order valence-corrected chi connectivity index (χ2v) is 6.27. The van der Waals surface area contributed by atoms with Gasteiger partial charge in [-0.25, -0.2) is 0 Å². The van der Waals surface area contributed by atoms with Gasteiger partial charge in [-0.2, -0.15) is 0 Å². The van der Waals surface area contributed by atoms with Gasteiger partial charge < -0.3 is 15.0 Å². The highest BCUT2D eigenvalue weighted by molar-refractivity contribution is 5.39. The molecule has 1 atom stereocenters. The summed E-state index contributed by atoms with van der Waals surface area (Å²) in [4.78, 5) is 2.45. The van der Waals surface area contributed by atoms with E-state index in [4.69, 9.17) is 4.74 Å². The van der Waals surface area contributed by atoms with Crippen LogP contribution in [0.25, 0.3) is 0 Å². The van der Waals surface area contributed by atoms with Crippen molar-refractivity contribution in [3.63, 3.8) is 0 Å². The normalized spacial score (nSPS) is 22.6. The van der Waals surface area contributed by atoms with Gasteiger partial charge in [-0.05, 0) is 69.1 Å². The Kier molecular flexibility index (Phi) is 4.58. The van der Waals surface area contributed by atoms with Gasteiger partial charge in [0.1, 0.15) is 5.75 Å². The Bertz CT molecular complexity index is 447. The first-order chi connectivity index (χ1) is 9.81. The average Bonchev–Trinajstić information content (AvgIpc) is 2.91. The molecule has 20 heavy (non-hydrogen) atoms. The van der Waals surface area contributed by atoms with E-state index >= 15 is 0 Å². The zero-order valence-electron chi connectivity index (χ0n) is 12.5. The topological polar surface area (TPSA) is 24.5 Å². The van der Waals surface area contributed by atoms with Gasteiger partial charge in [-0.15, -0.1) is 0 Å². The Labute approximate surface area is 122 Å². The highest BCUT2D eigenvalue weighted by Gasteiger charge is 2.16. The molecule has 1 unspecified atom stereocenters. The number of likely N-dealkylation sites (tertiary alicyclic amines) is 1. The van der Waals surface area contributed by atoms with E-state index in [1.54, 1.807) is 0 Å². The molecular weight excluding hydrogens is 248 g/mol. The van der Waals surface area contributed by atoms with Crippen molar-refractivity contribution in [1.82, 2.24) is 10.2 Å². The molecule has 110 valence electrons. The van der Waals surface area contributed by atoms with Crippen molar-refractivity contribution >= 4 is 0 Å². The van der Waals surface area contributed by atoms with Gasteiger partial charge in [0.15, 0.2) is 0 Å². The minimum Gasteiger partial charge on any atom is -0.493 e. The number of fused-ring (bicyclic) bond motifs is 1. The molecule has 0 radical (unpaired) electrons. The number of hydrogen-bond acceptors (Lipinski definition) is 3. The molecule has 1 N–H and O–H groups in total. The SMILES string of the molecule is CN1CCCC(CNCCc2ccc3c(c2)CCO3)C1. The number of nitrogens with one attached hydrogen (secondary N) is 1. The maximum absolute atomic E-state index is 5.55. The Morgan fingerprint density at radius 2 is 2.35 bits per heavy atom. The molecule has 0 spiro atoms. The summed E-state index contributed by atoms with van der Waals surface area (Å²) in [6, 6.07) is 6.66. The van der Waals surface area contributed by atoms with Crippen LogP contribution in [0.3, 0.4) is 0 Å². The van der Waals surface area contributed by atoms with Gasteiger partial charge in [-0.3, -0.25) is 0 Å². The fourth-order valence-electron chi connectivity index (χ4n) is 3.37. The number of benzene rings is 1. The third-order valence-corrected chi connectivity index (χ3v) is 4.50. The summed E-state index contributed by atoms with van der Waals surface area (Å²) in [6.07, 6.45) is 4.93. The molecule has 1 aromatic rings. The lowest BCUT2D eigenvalue weighted by molar-refractivity contribution is 0.206. The van der Waals surface area contributed by atoms with E-state index in [1.165, 1.54) is 43.6 Å². The largest absolute Gasteiger partial charge is 0.493 e. The van der Waals surface area contributed by atoms with E-state index in [0.717, 1.165) is 37.7 Å². The van der Waals surface area contributed by atoms with E-state index in [1.807, 2.05) is 0 Å². The second kappa shape index (κ2) is 6.59. The maximum atomic E-state index is 5.55. The summed E-state index contributed by atoms with van der Waals surface area (Å²) >= 11 is 0. The van der Waals surface area contributed by atoms with Crippen molar-refractivity contribution in [1.29, 1.82) is 0 Å². The highest BCUT2D eigenvalue weighted by atomic mass is 16.5. The molecular formula is C17H26N2O. The average molecular weight is 274 g/mol. The van der Waals surface area contributed by atoms with Crippen LogP contribution < -0.4 is 10.1 Å². The van der Waals surface area contributed by atoms with Gasteiger partial charge in [0.2, 0.25) is 0 Å². The van der Waals surface area contributed by atoms with Crippen molar-refractivity contribution in [3.8, 4) is 5.75 Å². The van der Waals surface area contributed by atoms with E-state index in [9.17, 15) is 0 Å². The number of ether oxygens (including phenoxy) is 1. The molecule has 2 heterocycles. The number of nitrogens with zero attached hydrogens (tertiary/aromatic N) is 1. The third-order valence-electron chi connectivity index (χ3n) is 4.50. The molecule has 0 bridgehead atoms. The molecule has 3 rings (SSSR count). The molecule has 1 fully saturated rings. The summed E-state index contributed by atoms with van der Waals surface area (Å²) < 4.78 is 5.55. The molecule has 3 heteroatoms. The van der Waals surface area contributed by atoms with Crippen LogP contribution in [0, 0.1) is 5.92 Å². The van der Waals surface area contributed by atoms with Gasteiger partial charge in [0.25, 0.3) is 0 Å². The molecule has 0 aromatic heterocycles. The summed E-state index contributed by atoms with van der Waals surface area (Å²) in [6.45, 7) is 5.63. The molecule has 0 amide bonds. The van der Waals surface area contributed by atoms with Gasteiger partial charge in [0, 0.05) is 13.0 Å². The van der Waals surface area contributed by atoms with Crippen LogP contribution in [0.1, 0.15) is 24.0 Å². The molecule has 2 aliphatic rings. The molecule has 1 aromatic carbocycles. The van der Waals surface area contributed by atoms with Crippen LogP contribution >= 0.6 is 0 Å². The zero-order valence-corrected chi connectivity index (χ0v) is 12.5. The fraction of sp³-hybridized carbons (Fsp3) is 0.647. The highest BCUT2D eigenvalue weighted by Crippen LogP contribution is 2.25. The fourth-order valence-corrected chi connectivity index (χ4v) is 3.37. The smallest absolute Gasteiger partial charge is 0.122 e. The standard InChI is InChI=1S/C17H26N2O/c1-19-9-2-3-15(13-19)12-18-8-6-14-4-5-17-16(11-14)7-10-20-17/h4-5,11,15,18H,2-3,6-10,12-13H2,1H3. The van der Waals surface area contributed by atoms with Crippen LogP contribution in [0.4, 0.5) is 0 Å². The maximum Gasteiger partial charge on any atom is 0.122 e. The zero-order chi connectivity index (χ0) is 13.8. The van der Waals surface area contributed by atoms with Gasteiger partial charge in [0.05, 0.1) is 6.61 Å². The van der Waals surface area contributed by atoms with Crippen molar-refractivity contribution in [3.05, 3.63) is 29.3 Å². The Hall–Kier alpha value is -1.06. The minimum atomic E-state index is 0.835. The van der Waals surface area contributed by atoms with Gasteiger partial charge >= 0.3 is 0 Å². The summed E-state index contributed by atoms with van der Waals surface area (Å²) in [5.74, 6) is 1.93. The second-order valence-electron chi connectivity index (χ2n) is 6.27. The van der Waals surface area contributed by atoms with E-state index < -0.39 is 0 Å². The van der Waals surface area contributed by atoms with E-state index in [-0.39, 0.29) is 0 Å². The van der Waals surface area contributed by atoms with Crippen LogP contribution in [-0.4, -0.2) is 44.7 Å². The molecule has 0 saturated carbocycles. The lowest BCUT2D eigenvalue weighted by Gasteiger charge is -2.29. The van der Waals surface area contributed by atoms with Crippen molar-refractivity contribution in [2.24, 2.45) is 5.92 Å². The lowest BCUT2D eigenvalue weighted by Crippen LogP contribution is -2.37. The Balaban J connectivity index is 1.39. The van der Waals surface area contributed by atoms with Crippen molar-refractivity contribution < 1.29 is 4.74 Å². The van der Waals surface area contributed by atoms with E-state index in [2.05, 4.69) is 35.5 Å². The summed E-state index contributed by atoms with van der Waals surface area (Å²) in [5.41, 5.74) is 2.82. The number of piperidine rings is 1. The predicted octanol–water partition coefficient (Wildman–Crippen LogP) is 2.10. The predicted molar refractivity (Wildman–Crippen MR) is 82.4 cm³/mol. The molecule has 2 aliphatic heterocycles. The monoisotopic (exact) mass is 274 g/mol. The number of hydrogen-bond donors (Lipinski definition) is 1. The third kappa shape index (κ3) is 3.53. The molecule has 3 nitrogen and oxygen atoms in total. The molecule has 0 aliphatic carbocycles. The first-order valence-corrected chi connectivity index (χ1v) is 7.95. The summed E-state index contributed by atoms with van der Waals surface area (Å²) in [5, 5.41) is 3.63. The lowest BCUT2D eigenvalue weighted by atomic mass is 9.98. The summed E-state index contributed by atoms with van der Waals surface area (Å²) in [7, 11) is 2.23. The van der Waals surface area contributed by atoms with Gasteiger partial charge in [-0.1, -0.05) is 12.1 Å². The van der Waals surface area contributed by atoms with Crippen LogP contribution in [0.5, 0.6) is 5.75 Å². The van der Waals surface area contributed by atoms with Crippen molar-refractivity contribution in [2.75, 3.05) is 39.8 Å².